The zero-order valence-electron chi connectivity index (χ0n) is 12.0. The number of benzene rings is 1. The molecule has 2 N–H and O–H groups in total. The molecule has 0 aliphatic rings. The molecule has 2 unspecified atom stereocenters. The third-order valence-electron chi connectivity index (χ3n) is 3.22. The number of hydrogen-bond acceptors (Lipinski definition) is 5. The Morgan fingerprint density at radius 3 is 2.81 bits per heavy atom. The van der Waals surface area contributed by atoms with Crippen molar-refractivity contribution in [3.05, 3.63) is 41.5 Å². The van der Waals surface area contributed by atoms with Crippen LogP contribution in [0, 0.1) is 11.7 Å². The fourth-order valence-corrected chi connectivity index (χ4v) is 2.40. The van der Waals surface area contributed by atoms with E-state index in [0.717, 1.165) is 12.0 Å². The first-order valence-corrected chi connectivity index (χ1v) is 7.55. The van der Waals surface area contributed by atoms with E-state index in [2.05, 4.69) is 24.0 Å². The fraction of sp³-hybridized carbons (Fsp3) is 0.429. The standard InChI is InChI=1S/C14H18FN3OS.ClH/c1-3-9(2)12(16)13-17-18-14(19-13)20-8-10-5-4-6-11(15)7-10;/h4-7,9,12H,3,8,16H2,1-2H3;1H. The van der Waals surface area contributed by atoms with Gasteiger partial charge in [0.25, 0.3) is 5.22 Å². The summed E-state index contributed by atoms with van der Waals surface area (Å²) < 4.78 is 18.6. The van der Waals surface area contributed by atoms with Crippen LogP contribution in [0.4, 0.5) is 4.39 Å². The van der Waals surface area contributed by atoms with Crippen LogP contribution in [0.15, 0.2) is 33.9 Å². The van der Waals surface area contributed by atoms with Crippen molar-refractivity contribution in [3.63, 3.8) is 0 Å². The molecule has 1 aromatic heterocycles. The number of hydrogen-bond donors (Lipinski definition) is 1. The van der Waals surface area contributed by atoms with E-state index >= 15 is 0 Å². The average molecular weight is 332 g/mol. The minimum absolute atomic E-state index is 0. The van der Waals surface area contributed by atoms with Crippen LogP contribution in [0.1, 0.15) is 37.8 Å². The van der Waals surface area contributed by atoms with Gasteiger partial charge in [0, 0.05) is 5.75 Å². The number of nitrogens with zero attached hydrogens (tertiary/aromatic N) is 2. The summed E-state index contributed by atoms with van der Waals surface area (Å²) in [7, 11) is 0. The molecular weight excluding hydrogens is 313 g/mol. The first-order valence-electron chi connectivity index (χ1n) is 6.56. The largest absolute Gasteiger partial charge is 0.414 e. The molecule has 1 heterocycles. The van der Waals surface area contributed by atoms with Crippen molar-refractivity contribution in [1.82, 2.24) is 10.2 Å². The van der Waals surface area contributed by atoms with Crippen molar-refractivity contribution in [2.75, 3.05) is 0 Å². The lowest BCUT2D eigenvalue weighted by molar-refractivity contribution is 0.333. The van der Waals surface area contributed by atoms with Gasteiger partial charge in [0.2, 0.25) is 5.89 Å². The van der Waals surface area contributed by atoms with E-state index in [1.807, 2.05) is 6.07 Å². The van der Waals surface area contributed by atoms with Crippen LogP contribution in [-0.2, 0) is 5.75 Å². The van der Waals surface area contributed by atoms with Crippen LogP contribution in [0.2, 0.25) is 0 Å². The number of thioether (sulfide) groups is 1. The van der Waals surface area contributed by atoms with Crippen molar-refractivity contribution in [2.24, 2.45) is 11.7 Å². The molecule has 2 rings (SSSR count). The van der Waals surface area contributed by atoms with E-state index in [0.29, 0.717) is 16.9 Å². The minimum atomic E-state index is -0.242. The van der Waals surface area contributed by atoms with E-state index in [4.69, 9.17) is 10.2 Å². The van der Waals surface area contributed by atoms with E-state index in [1.165, 1.54) is 23.9 Å². The summed E-state index contributed by atoms with van der Waals surface area (Å²) in [6.45, 7) is 4.12. The molecule has 21 heavy (non-hydrogen) atoms. The van der Waals surface area contributed by atoms with Crippen LogP contribution < -0.4 is 5.73 Å². The Balaban J connectivity index is 0.00000220. The maximum Gasteiger partial charge on any atom is 0.276 e. The number of halogens is 2. The van der Waals surface area contributed by atoms with Crippen LogP contribution in [0.5, 0.6) is 0 Å². The highest BCUT2D eigenvalue weighted by atomic mass is 35.5. The van der Waals surface area contributed by atoms with Crippen molar-refractivity contribution in [3.8, 4) is 0 Å². The van der Waals surface area contributed by atoms with Gasteiger partial charge in [-0.2, -0.15) is 0 Å². The molecule has 0 amide bonds. The fourth-order valence-electron chi connectivity index (χ4n) is 1.68. The first-order chi connectivity index (χ1) is 9.60. The van der Waals surface area contributed by atoms with Gasteiger partial charge in [-0.25, -0.2) is 4.39 Å². The van der Waals surface area contributed by atoms with Gasteiger partial charge in [-0.1, -0.05) is 44.2 Å². The topological polar surface area (TPSA) is 64.9 Å². The van der Waals surface area contributed by atoms with Gasteiger partial charge in [0.1, 0.15) is 5.82 Å². The Morgan fingerprint density at radius 1 is 1.38 bits per heavy atom. The zero-order valence-corrected chi connectivity index (χ0v) is 13.6. The number of aromatic nitrogens is 2. The van der Waals surface area contributed by atoms with Crippen molar-refractivity contribution >= 4 is 24.2 Å². The molecule has 0 radical (unpaired) electrons. The van der Waals surface area contributed by atoms with E-state index < -0.39 is 0 Å². The molecule has 2 aromatic rings. The van der Waals surface area contributed by atoms with Crippen LogP contribution in [0.3, 0.4) is 0 Å². The van der Waals surface area contributed by atoms with Crippen molar-refractivity contribution < 1.29 is 8.81 Å². The molecule has 0 aliphatic carbocycles. The highest BCUT2D eigenvalue weighted by Crippen LogP contribution is 2.26. The molecule has 0 bridgehead atoms. The maximum atomic E-state index is 13.1. The van der Waals surface area contributed by atoms with Gasteiger partial charge in [-0.05, 0) is 23.6 Å². The number of nitrogens with two attached hydrogens (primary N) is 1. The Kier molecular flexibility index (Phi) is 7.14. The molecule has 0 aliphatic heterocycles. The predicted molar refractivity (Wildman–Crippen MR) is 83.9 cm³/mol. The molecule has 7 heteroatoms. The molecule has 4 nitrogen and oxygen atoms in total. The summed E-state index contributed by atoms with van der Waals surface area (Å²) >= 11 is 1.38. The van der Waals surface area contributed by atoms with Gasteiger partial charge in [0.05, 0.1) is 6.04 Å². The van der Waals surface area contributed by atoms with Crippen LogP contribution in [-0.4, -0.2) is 10.2 Å². The van der Waals surface area contributed by atoms with Crippen molar-refractivity contribution in [2.45, 2.75) is 37.3 Å². The van der Waals surface area contributed by atoms with E-state index in [-0.39, 0.29) is 30.2 Å². The SMILES string of the molecule is CCC(C)C(N)c1nnc(SCc2cccc(F)c2)o1.Cl. The second-order valence-corrected chi connectivity index (χ2v) is 5.66. The van der Waals surface area contributed by atoms with Crippen LogP contribution in [0.25, 0.3) is 0 Å². The third kappa shape index (κ3) is 4.98. The quantitative estimate of drug-likeness (QED) is 0.811. The average Bonchev–Trinajstić information content (AvgIpc) is 2.92. The van der Waals surface area contributed by atoms with E-state index in [9.17, 15) is 4.39 Å². The molecule has 0 saturated carbocycles. The molecule has 0 saturated heterocycles. The lowest BCUT2D eigenvalue weighted by Gasteiger charge is -2.13. The summed E-state index contributed by atoms with van der Waals surface area (Å²) in [6.07, 6.45) is 0.954. The monoisotopic (exact) mass is 331 g/mol. The molecule has 0 fully saturated rings. The molecular formula is C14H19ClFN3OS. The summed E-state index contributed by atoms with van der Waals surface area (Å²) in [5.41, 5.74) is 6.91. The van der Waals surface area contributed by atoms with Crippen LogP contribution >= 0.6 is 24.2 Å². The Labute approximate surface area is 134 Å². The Hall–Kier alpha value is -1.11. The summed E-state index contributed by atoms with van der Waals surface area (Å²) in [6, 6.07) is 6.22. The molecule has 116 valence electrons. The van der Waals surface area contributed by atoms with Gasteiger partial charge in [-0.15, -0.1) is 22.6 Å². The Morgan fingerprint density at radius 2 is 2.14 bits per heavy atom. The number of rotatable bonds is 6. The first kappa shape index (κ1) is 17.9. The summed E-state index contributed by atoms with van der Waals surface area (Å²) in [5, 5.41) is 8.40. The lowest BCUT2D eigenvalue weighted by atomic mass is 10.0. The third-order valence-corrected chi connectivity index (χ3v) is 4.11. The molecule has 2 atom stereocenters. The summed E-state index contributed by atoms with van der Waals surface area (Å²) in [4.78, 5) is 0. The second-order valence-electron chi connectivity index (χ2n) is 4.74. The van der Waals surface area contributed by atoms with Gasteiger partial charge >= 0.3 is 0 Å². The maximum absolute atomic E-state index is 13.1. The minimum Gasteiger partial charge on any atom is -0.414 e. The predicted octanol–water partition coefficient (Wildman–Crippen LogP) is 3.97. The molecule has 0 spiro atoms. The normalized spacial score (nSPS) is 13.5. The molecule has 1 aromatic carbocycles. The van der Waals surface area contributed by atoms with Gasteiger partial charge in [0.15, 0.2) is 0 Å². The summed E-state index contributed by atoms with van der Waals surface area (Å²) in [5.74, 6) is 1.09. The van der Waals surface area contributed by atoms with Gasteiger partial charge in [-0.3, -0.25) is 0 Å². The Bertz CT molecular complexity index is 567. The van der Waals surface area contributed by atoms with Crippen molar-refractivity contribution in [1.29, 1.82) is 0 Å². The van der Waals surface area contributed by atoms with Gasteiger partial charge < -0.3 is 10.2 Å². The van der Waals surface area contributed by atoms with E-state index in [1.54, 1.807) is 6.07 Å². The zero-order chi connectivity index (χ0) is 14.5. The highest BCUT2D eigenvalue weighted by molar-refractivity contribution is 7.98. The lowest BCUT2D eigenvalue weighted by Crippen LogP contribution is -2.18. The highest BCUT2D eigenvalue weighted by Gasteiger charge is 2.19. The smallest absolute Gasteiger partial charge is 0.276 e. The second kappa shape index (κ2) is 8.36.